The van der Waals surface area contributed by atoms with Gasteiger partial charge in [0, 0.05) is 17.0 Å². The first-order valence-corrected chi connectivity index (χ1v) is 7.48. The maximum Gasteiger partial charge on any atom is 0.276 e. The molecule has 0 bridgehead atoms. The fraction of sp³-hybridized carbons (Fsp3) is 0.125. The quantitative estimate of drug-likeness (QED) is 0.525. The van der Waals surface area contributed by atoms with E-state index in [0.717, 1.165) is 10.4 Å². The SMILES string of the molecule is Cc1sc(NC(=O)/C=C/c2ccccc2[N+](=O)[O-])c(C#N)c1C. The van der Waals surface area contributed by atoms with E-state index in [-0.39, 0.29) is 5.69 Å². The van der Waals surface area contributed by atoms with Gasteiger partial charge in [0.15, 0.2) is 0 Å². The first-order valence-electron chi connectivity index (χ1n) is 6.66. The summed E-state index contributed by atoms with van der Waals surface area (Å²) in [6.45, 7) is 3.70. The zero-order valence-corrected chi connectivity index (χ0v) is 13.3. The van der Waals surface area contributed by atoms with Gasteiger partial charge in [-0.25, -0.2) is 0 Å². The average molecular weight is 327 g/mol. The Labute approximate surface area is 136 Å². The molecule has 0 aliphatic heterocycles. The van der Waals surface area contributed by atoms with Gasteiger partial charge < -0.3 is 5.32 Å². The van der Waals surface area contributed by atoms with Gasteiger partial charge in [-0.05, 0) is 31.6 Å². The molecule has 0 aliphatic carbocycles. The molecule has 23 heavy (non-hydrogen) atoms. The molecule has 0 unspecified atom stereocenters. The van der Waals surface area contributed by atoms with Crippen molar-refractivity contribution in [1.82, 2.24) is 0 Å². The highest BCUT2D eigenvalue weighted by Gasteiger charge is 2.14. The number of aryl methyl sites for hydroxylation is 1. The van der Waals surface area contributed by atoms with Crippen LogP contribution in [0.3, 0.4) is 0 Å². The lowest BCUT2D eigenvalue weighted by molar-refractivity contribution is -0.385. The Balaban J connectivity index is 2.20. The van der Waals surface area contributed by atoms with Crippen molar-refractivity contribution in [1.29, 1.82) is 5.26 Å². The second-order valence-electron chi connectivity index (χ2n) is 4.74. The minimum Gasteiger partial charge on any atom is -0.313 e. The highest BCUT2D eigenvalue weighted by molar-refractivity contribution is 7.16. The third-order valence-corrected chi connectivity index (χ3v) is 4.40. The Morgan fingerprint density at radius 2 is 2.09 bits per heavy atom. The summed E-state index contributed by atoms with van der Waals surface area (Å²) in [5.41, 5.74) is 1.55. The molecular weight excluding hydrogens is 314 g/mol. The summed E-state index contributed by atoms with van der Waals surface area (Å²) >= 11 is 1.33. The molecule has 0 saturated heterocycles. The van der Waals surface area contributed by atoms with Crippen LogP contribution in [0.1, 0.15) is 21.6 Å². The lowest BCUT2D eigenvalue weighted by Crippen LogP contribution is -2.07. The molecule has 0 spiro atoms. The summed E-state index contributed by atoms with van der Waals surface area (Å²) in [5.74, 6) is -0.444. The zero-order valence-electron chi connectivity index (χ0n) is 12.5. The number of rotatable bonds is 4. The molecule has 1 N–H and O–H groups in total. The van der Waals surface area contributed by atoms with Crippen LogP contribution < -0.4 is 5.32 Å². The summed E-state index contributed by atoms with van der Waals surface area (Å²) < 4.78 is 0. The standard InChI is InChI=1S/C16H13N3O3S/c1-10-11(2)23-16(13(10)9-17)18-15(20)8-7-12-5-3-4-6-14(12)19(21)22/h3-8H,1-2H3,(H,18,20)/b8-7+. The van der Waals surface area contributed by atoms with E-state index in [1.807, 2.05) is 13.8 Å². The molecule has 116 valence electrons. The predicted octanol–water partition coefficient (Wildman–Crippen LogP) is 3.80. The number of nitro benzene ring substituents is 1. The Kier molecular flexibility index (Phi) is 4.88. The molecule has 6 nitrogen and oxygen atoms in total. The van der Waals surface area contributed by atoms with Crippen LogP contribution in [-0.2, 0) is 4.79 Å². The van der Waals surface area contributed by atoms with Crippen molar-refractivity contribution in [2.75, 3.05) is 5.32 Å². The van der Waals surface area contributed by atoms with E-state index < -0.39 is 10.8 Å². The molecule has 0 atom stereocenters. The second kappa shape index (κ2) is 6.85. The van der Waals surface area contributed by atoms with E-state index in [1.165, 1.54) is 29.6 Å². The van der Waals surface area contributed by atoms with Gasteiger partial charge in [0.2, 0.25) is 5.91 Å². The van der Waals surface area contributed by atoms with Crippen molar-refractivity contribution in [3.05, 3.63) is 62.0 Å². The van der Waals surface area contributed by atoms with Crippen molar-refractivity contribution < 1.29 is 9.72 Å². The van der Waals surface area contributed by atoms with Crippen molar-refractivity contribution in [3.8, 4) is 6.07 Å². The van der Waals surface area contributed by atoms with Gasteiger partial charge in [0.25, 0.3) is 5.69 Å². The number of benzene rings is 1. The van der Waals surface area contributed by atoms with Crippen LogP contribution in [0.4, 0.5) is 10.7 Å². The number of nitriles is 1. The molecule has 1 aromatic heterocycles. The number of hydrogen-bond acceptors (Lipinski definition) is 5. The molecular formula is C16H13N3O3S. The maximum absolute atomic E-state index is 12.0. The van der Waals surface area contributed by atoms with Crippen LogP contribution in [0.25, 0.3) is 6.08 Å². The van der Waals surface area contributed by atoms with E-state index in [9.17, 15) is 14.9 Å². The van der Waals surface area contributed by atoms with Gasteiger partial charge in [0.1, 0.15) is 11.1 Å². The number of para-hydroxylation sites is 1. The first-order chi connectivity index (χ1) is 10.9. The third kappa shape index (κ3) is 3.62. The summed E-state index contributed by atoms with van der Waals surface area (Å²) in [6, 6.07) is 8.22. The fourth-order valence-electron chi connectivity index (χ4n) is 1.96. The second-order valence-corrected chi connectivity index (χ2v) is 5.96. The number of hydrogen-bond donors (Lipinski definition) is 1. The van der Waals surface area contributed by atoms with Crippen molar-refractivity contribution in [2.45, 2.75) is 13.8 Å². The molecule has 1 heterocycles. The van der Waals surface area contributed by atoms with E-state index in [0.29, 0.717) is 16.1 Å². The Hall–Kier alpha value is -2.98. The normalized spacial score (nSPS) is 10.5. The van der Waals surface area contributed by atoms with Crippen LogP contribution >= 0.6 is 11.3 Å². The number of nitrogens with zero attached hydrogens (tertiary/aromatic N) is 2. The van der Waals surface area contributed by atoms with Gasteiger partial charge in [-0.1, -0.05) is 12.1 Å². The molecule has 2 rings (SSSR count). The molecule has 0 radical (unpaired) electrons. The van der Waals surface area contributed by atoms with Gasteiger partial charge >= 0.3 is 0 Å². The summed E-state index contributed by atoms with van der Waals surface area (Å²) in [4.78, 5) is 23.4. The highest BCUT2D eigenvalue weighted by Crippen LogP contribution is 2.31. The van der Waals surface area contributed by atoms with Gasteiger partial charge in [0.05, 0.1) is 16.1 Å². The lowest BCUT2D eigenvalue weighted by Gasteiger charge is -1.99. The number of carbonyl (C=O) groups is 1. The number of amides is 1. The highest BCUT2D eigenvalue weighted by atomic mass is 32.1. The number of nitro groups is 1. The summed E-state index contributed by atoms with van der Waals surface area (Å²) in [7, 11) is 0. The molecule has 0 aliphatic rings. The third-order valence-electron chi connectivity index (χ3n) is 3.28. The van der Waals surface area contributed by atoms with E-state index >= 15 is 0 Å². The van der Waals surface area contributed by atoms with E-state index in [2.05, 4.69) is 11.4 Å². The molecule has 0 saturated carbocycles. The van der Waals surface area contributed by atoms with Gasteiger partial charge in [-0.15, -0.1) is 11.3 Å². The van der Waals surface area contributed by atoms with Crippen LogP contribution in [0.2, 0.25) is 0 Å². The van der Waals surface area contributed by atoms with Crippen molar-refractivity contribution in [3.63, 3.8) is 0 Å². The summed E-state index contributed by atoms with van der Waals surface area (Å²) in [5, 5.41) is 23.2. The molecule has 0 fully saturated rings. The van der Waals surface area contributed by atoms with E-state index in [4.69, 9.17) is 5.26 Å². The largest absolute Gasteiger partial charge is 0.313 e. The van der Waals surface area contributed by atoms with E-state index in [1.54, 1.807) is 18.2 Å². The Morgan fingerprint density at radius 1 is 1.39 bits per heavy atom. The topological polar surface area (TPSA) is 96.0 Å². The molecule has 1 amide bonds. The average Bonchev–Trinajstić information content (AvgIpc) is 2.79. The Bertz CT molecular complexity index is 847. The number of thiophene rings is 1. The minimum absolute atomic E-state index is 0.0722. The van der Waals surface area contributed by atoms with Gasteiger partial charge in [-0.2, -0.15) is 5.26 Å². The number of nitrogens with one attached hydrogen (secondary N) is 1. The molecule has 7 heteroatoms. The van der Waals surface area contributed by atoms with Crippen molar-refractivity contribution >= 4 is 34.0 Å². The van der Waals surface area contributed by atoms with Gasteiger partial charge in [-0.3, -0.25) is 14.9 Å². The number of carbonyl (C=O) groups excluding carboxylic acids is 1. The molecule has 2 aromatic rings. The smallest absolute Gasteiger partial charge is 0.276 e. The maximum atomic E-state index is 12.0. The fourth-order valence-corrected chi connectivity index (χ4v) is 2.98. The van der Waals surface area contributed by atoms with Crippen LogP contribution in [0.15, 0.2) is 30.3 Å². The van der Waals surface area contributed by atoms with Crippen LogP contribution in [-0.4, -0.2) is 10.8 Å². The number of anilines is 1. The monoisotopic (exact) mass is 327 g/mol. The Morgan fingerprint density at radius 3 is 2.74 bits per heavy atom. The lowest BCUT2D eigenvalue weighted by atomic mass is 10.1. The molecule has 1 aromatic carbocycles. The summed E-state index contributed by atoms with van der Waals surface area (Å²) in [6.07, 6.45) is 2.60. The van der Waals surface area contributed by atoms with Crippen LogP contribution in [0, 0.1) is 35.3 Å². The predicted molar refractivity (Wildman–Crippen MR) is 89.3 cm³/mol. The minimum atomic E-state index is -0.503. The zero-order chi connectivity index (χ0) is 17.0. The van der Waals surface area contributed by atoms with Crippen LogP contribution in [0.5, 0.6) is 0 Å². The van der Waals surface area contributed by atoms with Crippen molar-refractivity contribution in [2.24, 2.45) is 0 Å². The first kappa shape index (κ1) is 16.4.